The van der Waals surface area contributed by atoms with Gasteiger partial charge in [-0.15, -0.1) is 11.6 Å². The molecule has 0 spiro atoms. The van der Waals surface area contributed by atoms with Crippen LogP contribution in [0.2, 0.25) is 0 Å². The molecule has 1 aliphatic heterocycles. The number of carbonyl (C=O) groups is 1. The van der Waals surface area contributed by atoms with E-state index < -0.39 is 0 Å². The molecule has 16 heavy (non-hydrogen) atoms. The smallest absolute Gasteiger partial charge is 0.237 e. The molecule has 2 rings (SSSR count). The van der Waals surface area contributed by atoms with Gasteiger partial charge in [-0.2, -0.15) is 0 Å². The zero-order valence-electron chi connectivity index (χ0n) is 8.65. The zero-order chi connectivity index (χ0) is 11.5. The third-order valence-corrected chi connectivity index (χ3v) is 2.74. The predicted octanol–water partition coefficient (Wildman–Crippen LogP) is 1.35. The number of rotatable bonds is 1. The lowest BCUT2D eigenvalue weighted by Crippen LogP contribution is -2.33. The van der Waals surface area contributed by atoms with E-state index in [1.165, 1.54) is 0 Å². The summed E-state index contributed by atoms with van der Waals surface area (Å²) < 4.78 is 5.42. The molecule has 1 heterocycles. The number of alkyl halides is 1. The van der Waals surface area contributed by atoms with Crippen LogP contribution in [0.25, 0.3) is 0 Å². The number of benzene rings is 1. The summed E-state index contributed by atoms with van der Waals surface area (Å²) >= 11 is 5.52. The Labute approximate surface area is 98.4 Å². The van der Waals surface area contributed by atoms with E-state index in [0.29, 0.717) is 25.4 Å². The molecule has 86 valence electrons. The van der Waals surface area contributed by atoms with Crippen LogP contribution in [0.1, 0.15) is 5.56 Å². The summed E-state index contributed by atoms with van der Waals surface area (Å²) in [5.41, 5.74) is 0.802. The van der Waals surface area contributed by atoms with Crippen molar-refractivity contribution in [3.05, 3.63) is 23.8 Å². The van der Waals surface area contributed by atoms with Gasteiger partial charge >= 0.3 is 0 Å². The minimum absolute atomic E-state index is 0.0336. The third kappa shape index (κ3) is 2.07. The van der Waals surface area contributed by atoms with Gasteiger partial charge in [-0.1, -0.05) is 12.1 Å². The van der Waals surface area contributed by atoms with Gasteiger partial charge in [-0.25, -0.2) is 0 Å². The molecule has 0 fully saturated rings. The number of amides is 1. The van der Waals surface area contributed by atoms with Gasteiger partial charge in [0.2, 0.25) is 5.91 Å². The standard InChI is InChI=1S/C11H12ClNO3/c12-6-10(15)13-4-5-16-11-8(7-13)2-1-3-9(11)14/h1-3,14H,4-7H2. The lowest BCUT2D eigenvalue weighted by atomic mass is 10.2. The minimum Gasteiger partial charge on any atom is -0.504 e. The fraction of sp³-hybridized carbons (Fsp3) is 0.364. The Morgan fingerprint density at radius 3 is 3.12 bits per heavy atom. The maximum Gasteiger partial charge on any atom is 0.237 e. The van der Waals surface area contributed by atoms with Gasteiger partial charge in [-0.05, 0) is 6.07 Å². The number of phenols is 1. The van der Waals surface area contributed by atoms with Crippen molar-refractivity contribution >= 4 is 17.5 Å². The summed E-state index contributed by atoms with van der Waals surface area (Å²) in [4.78, 5) is 13.1. The van der Waals surface area contributed by atoms with E-state index in [9.17, 15) is 9.90 Å². The topological polar surface area (TPSA) is 49.8 Å². The van der Waals surface area contributed by atoms with Crippen LogP contribution in [0, 0.1) is 0 Å². The van der Waals surface area contributed by atoms with E-state index in [0.717, 1.165) is 5.56 Å². The number of para-hydroxylation sites is 1. The summed E-state index contributed by atoms with van der Waals surface area (Å²) in [6, 6.07) is 5.12. The van der Waals surface area contributed by atoms with E-state index in [1.807, 2.05) is 6.07 Å². The van der Waals surface area contributed by atoms with Crippen LogP contribution in [0.5, 0.6) is 11.5 Å². The Morgan fingerprint density at radius 2 is 2.38 bits per heavy atom. The molecule has 0 radical (unpaired) electrons. The average molecular weight is 242 g/mol. The summed E-state index contributed by atoms with van der Waals surface area (Å²) in [5, 5.41) is 9.61. The molecule has 1 aliphatic rings. The summed E-state index contributed by atoms with van der Waals surface area (Å²) in [7, 11) is 0. The zero-order valence-corrected chi connectivity index (χ0v) is 9.41. The van der Waals surface area contributed by atoms with Crippen LogP contribution in [-0.2, 0) is 11.3 Å². The first-order valence-electron chi connectivity index (χ1n) is 4.99. The highest BCUT2D eigenvalue weighted by Crippen LogP contribution is 2.32. The van der Waals surface area contributed by atoms with Crippen molar-refractivity contribution in [2.24, 2.45) is 0 Å². The second kappa shape index (κ2) is 4.61. The van der Waals surface area contributed by atoms with Crippen LogP contribution < -0.4 is 4.74 Å². The number of phenolic OH excluding ortho intramolecular Hbond substituents is 1. The molecule has 0 atom stereocenters. The van der Waals surface area contributed by atoms with Gasteiger partial charge in [0.25, 0.3) is 0 Å². The molecule has 4 nitrogen and oxygen atoms in total. The van der Waals surface area contributed by atoms with Crippen LogP contribution in [0.15, 0.2) is 18.2 Å². The van der Waals surface area contributed by atoms with Crippen LogP contribution >= 0.6 is 11.6 Å². The second-order valence-corrected chi connectivity index (χ2v) is 3.83. The van der Waals surface area contributed by atoms with Crippen LogP contribution in [-0.4, -0.2) is 34.9 Å². The lowest BCUT2D eigenvalue weighted by Gasteiger charge is -2.18. The highest BCUT2D eigenvalue weighted by atomic mass is 35.5. The molecule has 1 aromatic carbocycles. The Hall–Kier alpha value is -1.42. The minimum atomic E-state index is -0.124. The van der Waals surface area contributed by atoms with Gasteiger partial charge in [-0.3, -0.25) is 4.79 Å². The van der Waals surface area contributed by atoms with E-state index in [-0.39, 0.29) is 17.5 Å². The molecule has 0 saturated carbocycles. The molecule has 0 aliphatic carbocycles. The third-order valence-electron chi connectivity index (χ3n) is 2.51. The fourth-order valence-electron chi connectivity index (χ4n) is 1.70. The first kappa shape index (κ1) is 11.1. The molecule has 1 aromatic rings. The SMILES string of the molecule is O=C(CCl)N1CCOc2c(O)cccc2C1. The highest BCUT2D eigenvalue weighted by Gasteiger charge is 2.20. The summed E-state index contributed by atoms with van der Waals surface area (Å²) in [5.74, 6) is 0.417. The predicted molar refractivity (Wildman–Crippen MR) is 59.7 cm³/mol. The molecule has 5 heteroatoms. The Balaban J connectivity index is 2.28. The summed E-state index contributed by atoms with van der Waals surface area (Å²) in [6.45, 7) is 1.28. The first-order chi connectivity index (χ1) is 7.72. The van der Waals surface area contributed by atoms with E-state index in [2.05, 4.69) is 0 Å². The highest BCUT2D eigenvalue weighted by molar-refractivity contribution is 6.27. The molecule has 0 aromatic heterocycles. The molecule has 0 saturated heterocycles. The normalized spacial score (nSPS) is 14.9. The maximum atomic E-state index is 11.5. The van der Waals surface area contributed by atoms with Crippen LogP contribution in [0.4, 0.5) is 0 Å². The van der Waals surface area contributed by atoms with Crippen LogP contribution in [0.3, 0.4) is 0 Å². The molecule has 1 amide bonds. The largest absolute Gasteiger partial charge is 0.504 e. The number of nitrogens with zero attached hydrogens (tertiary/aromatic N) is 1. The van der Waals surface area contributed by atoms with Crippen molar-refractivity contribution in [2.45, 2.75) is 6.54 Å². The number of hydrogen-bond acceptors (Lipinski definition) is 3. The Morgan fingerprint density at radius 1 is 1.56 bits per heavy atom. The number of fused-ring (bicyclic) bond motifs is 1. The number of aromatic hydroxyl groups is 1. The van der Waals surface area contributed by atoms with E-state index >= 15 is 0 Å². The number of halogens is 1. The van der Waals surface area contributed by atoms with Gasteiger partial charge in [0, 0.05) is 12.1 Å². The molecular formula is C11H12ClNO3. The van der Waals surface area contributed by atoms with E-state index in [1.54, 1.807) is 17.0 Å². The van der Waals surface area contributed by atoms with Gasteiger partial charge in [0.15, 0.2) is 11.5 Å². The fourth-order valence-corrected chi connectivity index (χ4v) is 1.87. The first-order valence-corrected chi connectivity index (χ1v) is 5.53. The van der Waals surface area contributed by atoms with Gasteiger partial charge in [0.05, 0.1) is 6.54 Å². The molecule has 0 bridgehead atoms. The quantitative estimate of drug-likeness (QED) is 0.756. The molecular weight excluding hydrogens is 230 g/mol. The second-order valence-electron chi connectivity index (χ2n) is 3.56. The van der Waals surface area contributed by atoms with E-state index in [4.69, 9.17) is 16.3 Å². The van der Waals surface area contributed by atoms with Crippen molar-refractivity contribution in [3.8, 4) is 11.5 Å². The lowest BCUT2D eigenvalue weighted by molar-refractivity contribution is -0.129. The van der Waals surface area contributed by atoms with Crippen molar-refractivity contribution in [1.29, 1.82) is 0 Å². The monoisotopic (exact) mass is 241 g/mol. The molecule has 1 N–H and O–H groups in total. The average Bonchev–Trinajstić information content (AvgIpc) is 2.51. The van der Waals surface area contributed by atoms with Gasteiger partial charge < -0.3 is 14.7 Å². The maximum absolute atomic E-state index is 11.5. The number of hydrogen-bond donors (Lipinski definition) is 1. The van der Waals surface area contributed by atoms with Crippen molar-refractivity contribution in [1.82, 2.24) is 4.90 Å². The molecule has 0 unspecified atom stereocenters. The Kier molecular flexibility index (Phi) is 3.19. The van der Waals surface area contributed by atoms with Crippen molar-refractivity contribution in [2.75, 3.05) is 19.0 Å². The number of carbonyl (C=O) groups excluding carboxylic acids is 1. The van der Waals surface area contributed by atoms with Crippen molar-refractivity contribution < 1.29 is 14.6 Å². The number of ether oxygens (including phenoxy) is 1. The Bertz CT molecular complexity index is 408. The van der Waals surface area contributed by atoms with Crippen molar-refractivity contribution in [3.63, 3.8) is 0 Å². The van der Waals surface area contributed by atoms with Gasteiger partial charge in [0.1, 0.15) is 12.5 Å². The summed E-state index contributed by atoms with van der Waals surface area (Å²) in [6.07, 6.45) is 0.